The summed E-state index contributed by atoms with van der Waals surface area (Å²) in [7, 11) is 0. The molecule has 2 N–H and O–H groups in total. The Labute approximate surface area is 184 Å². The average Bonchev–Trinajstić information content (AvgIpc) is 2.85. The molecule has 1 spiro atoms. The molecular formula is C23H37N3O5. The zero-order valence-electron chi connectivity index (χ0n) is 19.5. The summed E-state index contributed by atoms with van der Waals surface area (Å²) >= 11 is 0. The van der Waals surface area contributed by atoms with Crippen LogP contribution in [0.15, 0.2) is 0 Å². The van der Waals surface area contributed by atoms with Crippen molar-refractivity contribution in [3.63, 3.8) is 0 Å². The second-order valence-electron chi connectivity index (χ2n) is 10.9. The van der Waals surface area contributed by atoms with Crippen LogP contribution in [0.25, 0.3) is 0 Å². The van der Waals surface area contributed by atoms with E-state index in [1.54, 1.807) is 0 Å². The minimum Gasteiger partial charge on any atom is -0.454 e. The van der Waals surface area contributed by atoms with Crippen molar-refractivity contribution in [3.05, 3.63) is 0 Å². The summed E-state index contributed by atoms with van der Waals surface area (Å²) in [6.45, 7) is 9.68. The Balaban J connectivity index is 1.52. The van der Waals surface area contributed by atoms with Gasteiger partial charge in [0, 0.05) is 6.04 Å². The minimum absolute atomic E-state index is 0.0804. The molecule has 0 unspecified atom stereocenters. The second kappa shape index (κ2) is 8.79. The van der Waals surface area contributed by atoms with Gasteiger partial charge in [-0.3, -0.25) is 19.3 Å². The van der Waals surface area contributed by atoms with Crippen LogP contribution in [0.4, 0.5) is 4.79 Å². The van der Waals surface area contributed by atoms with Crippen molar-refractivity contribution in [3.8, 4) is 0 Å². The van der Waals surface area contributed by atoms with E-state index in [-0.39, 0.29) is 29.2 Å². The number of nitrogens with zero attached hydrogens (tertiary/aromatic N) is 1. The van der Waals surface area contributed by atoms with E-state index in [2.05, 4.69) is 45.3 Å². The fourth-order valence-electron chi connectivity index (χ4n) is 6.00. The first kappa shape index (κ1) is 23.5. The van der Waals surface area contributed by atoms with Crippen LogP contribution >= 0.6 is 0 Å². The minimum atomic E-state index is -0.955. The zero-order valence-corrected chi connectivity index (χ0v) is 19.5. The van der Waals surface area contributed by atoms with Gasteiger partial charge in [-0.1, -0.05) is 47.5 Å². The molecule has 174 valence electrons. The van der Waals surface area contributed by atoms with E-state index in [1.807, 2.05) is 0 Å². The lowest BCUT2D eigenvalue weighted by Crippen LogP contribution is -2.54. The van der Waals surface area contributed by atoms with Gasteiger partial charge < -0.3 is 15.4 Å². The molecule has 8 nitrogen and oxygen atoms in total. The summed E-state index contributed by atoms with van der Waals surface area (Å²) in [4.78, 5) is 51.0. The highest BCUT2D eigenvalue weighted by Gasteiger charge is 2.56. The molecule has 2 saturated carbocycles. The summed E-state index contributed by atoms with van der Waals surface area (Å²) in [6.07, 6.45) is 5.23. The molecule has 2 aliphatic carbocycles. The summed E-state index contributed by atoms with van der Waals surface area (Å²) in [5, 5.41) is 5.79. The van der Waals surface area contributed by atoms with Crippen LogP contribution in [0.1, 0.15) is 73.1 Å². The van der Waals surface area contributed by atoms with Crippen LogP contribution in [-0.2, 0) is 19.1 Å². The third-order valence-electron chi connectivity index (χ3n) is 7.33. The number of rotatable bonds is 5. The van der Waals surface area contributed by atoms with E-state index in [0.717, 1.165) is 30.6 Å². The van der Waals surface area contributed by atoms with Gasteiger partial charge in [-0.05, 0) is 48.9 Å². The number of esters is 1. The van der Waals surface area contributed by atoms with Crippen molar-refractivity contribution in [2.24, 2.45) is 23.2 Å². The van der Waals surface area contributed by atoms with Gasteiger partial charge in [0.25, 0.3) is 11.8 Å². The van der Waals surface area contributed by atoms with Crippen molar-refractivity contribution in [1.29, 1.82) is 0 Å². The number of hydrogen-bond acceptors (Lipinski definition) is 5. The van der Waals surface area contributed by atoms with E-state index in [0.29, 0.717) is 24.7 Å². The van der Waals surface area contributed by atoms with Gasteiger partial charge in [0.05, 0.1) is 0 Å². The molecular weight excluding hydrogens is 398 g/mol. The number of ether oxygens (including phenoxy) is 1. The Hall–Kier alpha value is -2.12. The summed E-state index contributed by atoms with van der Waals surface area (Å²) in [5.74, 6) is -0.282. The van der Waals surface area contributed by atoms with Crippen LogP contribution in [0.5, 0.6) is 0 Å². The molecule has 3 aliphatic rings. The number of amides is 4. The fourth-order valence-corrected chi connectivity index (χ4v) is 6.00. The summed E-state index contributed by atoms with van der Waals surface area (Å²) in [5.41, 5.74) is -1.04. The highest BCUT2D eigenvalue weighted by atomic mass is 16.5. The van der Waals surface area contributed by atoms with Crippen LogP contribution in [0, 0.1) is 23.2 Å². The number of imide groups is 1. The van der Waals surface area contributed by atoms with Crippen molar-refractivity contribution in [2.45, 2.75) is 84.7 Å². The van der Waals surface area contributed by atoms with Crippen molar-refractivity contribution in [1.82, 2.24) is 15.5 Å². The topological polar surface area (TPSA) is 105 Å². The van der Waals surface area contributed by atoms with Crippen LogP contribution < -0.4 is 10.6 Å². The predicted octanol–water partition coefficient (Wildman–Crippen LogP) is 2.61. The second-order valence-corrected chi connectivity index (χ2v) is 10.9. The molecule has 0 bridgehead atoms. The molecule has 0 aromatic carbocycles. The van der Waals surface area contributed by atoms with E-state index in [1.165, 1.54) is 0 Å². The molecule has 0 aromatic heterocycles. The van der Waals surface area contributed by atoms with Gasteiger partial charge in [0.1, 0.15) is 12.1 Å². The molecule has 4 amide bonds. The number of nitrogens with one attached hydrogen (secondary N) is 2. The van der Waals surface area contributed by atoms with Crippen molar-refractivity contribution < 1.29 is 23.9 Å². The quantitative estimate of drug-likeness (QED) is 0.510. The van der Waals surface area contributed by atoms with Gasteiger partial charge in [-0.25, -0.2) is 4.79 Å². The molecule has 5 atom stereocenters. The Morgan fingerprint density at radius 2 is 1.87 bits per heavy atom. The Bertz CT molecular complexity index is 751. The van der Waals surface area contributed by atoms with Crippen LogP contribution in [0.2, 0.25) is 0 Å². The molecule has 1 heterocycles. The van der Waals surface area contributed by atoms with E-state index in [9.17, 15) is 19.2 Å². The maximum atomic E-state index is 13.1. The number of carbonyl (C=O) groups excluding carboxylic acids is 4. The number of urea groups is 1. The molecule has 3 rings (SSSR count). The van der Waals surface area contributed by atoms with Crippen LogP contribution in [0.3, 0.4) is 0 Å². The normalized spacial score (nSPS) is 35.1. The largest absolute Gasteiger partial charge is 0.454 e. The first-order valence-corrected chi connectivity index (χ1v) is 11.5. The van der Waals surface area contributed by atoms with E-state index in [4.69, 9.17) is 4.74 Å². The molecule has 1 saturated heterocycles. The lowest BCUT2D eigenvalue weighted by molar-refractivity contribution is -0.151. The molecule has 1 aliphatic heterocycles. The molecule has 8 heteroatoms. The van der Waals surface area contributed by atoms with Gasteiger partial charge in [0.15, 0.2) is 6.61 Å². The predicted molar refractivity (Wildman–Crippen MR) is 115 cm³/mol. The lowest BCUT2D eigenvalue weighted by Gasteiger charge is -2.43. The average molecular weight is 436 g/mol. The first-order valence-electron chi connectivity index (χ1n) is 11.5. The molecule has 0 aromatic rings. The Morgan fingerprint density at radius 3 is 2.55 bits per heavy atom. The van der Waals surface area contributed by atoms with E-state index < -0.39 is 30.7 Å². The Kier molecular flexibility index (Phi) is 6.67. The highest BCUT2D eigenvalue weighted by molar-refractivity contribution is 6.08. The maximum absolute atomic E-state index is 13.1. The molecule has 0 radical (unpaired) electrons. The smallest absolute Gasteiger partial charge is 0.326 e. The third-order valence-corrected chi connectivity index (χ3v) is 7.33. The van der Waals surface area contributed by atoms with Gasteiger partial charge in [0.2, 0.25) is 0 Å². The first-order chi connectivity index (χ1) is 14.4. The van der Waals surface area contributed by atoms with Gasteiger partial charge >= 0.3 is 12.0 Å². The summed E-state index contributed by atoms with van der Waals surface area (Å²) < 4.78 is 5.08. The summed E-state index contributed by atoms with van der Waals surface area (Å²) in [6, 6.07) is -0.487. The maximum Gasteiger partial charge on any atom is 0.326 e. The zero-order chi connectivity index (χ0) is 23.0. The number of carbonyl (C=O) groups is 4. The molecule has 31 heavy (non-hydrogen) atoms. The van der Waals surface area contributed by atoms with Gasteiger partial charge in [-0.2, -0.15) is 0 Å². The lowest BCUT2D eigenvalue weighted by atomic mass is 9.64. The van der Waals surface area contributed by atoms with Crippen molar-refractivity contribution >= 4 is 23.8 Å². The van der Waals surface area contributed by atoms with Crippen LogP contribution in [-0.4, -0.2) is 53.4 Å². The standard InChI is InChI=1S/C23H37N3O5/c1-14-9-22(4,5)13-23(10-14)20(29)26(21(30)25-23)11-19(28)31-12-18(27)24-17-8-6-7-15(2)16(17)3/h14-17H,6-13H2,1-5H3,(H,24,27)(H,25,30)/t14-,15-,16-,17-,23+/m1/s1. The highest BCUT2D eigenvalue weighted by Crippen LogP contribution is 2.46. The third kappa shape index (κ3) is 5.21. The monoisotopic (exact) mass is 435 g/mol. The van der Waals surface area contributed by atoms with E-state index >= 15 is 0 Å². The number of hydrogen-bond donors (Lipinski definition) is 2. The molecule has 3 fully saturated rings. The fraction of sp³-hybridized carbons (Fsp3) is 0.826. The SMILES string of the molecule is C[C@@H]1CC(C)(C)C[C@]2(C1)NC(=O)N(CC(=O)OCC(=O)N[C@@H]1CCC[C@@H](C)[C@H]1C)C2=O. The van der Waals surface area contributed by atoms with Gasteiger partial charge in [-0.15, -0.1) is 0 Å². The van der Waals surface area contributed by atoms with Crippen molar-refractivity contribution in [2.75, 3.05) is 13.2 Å². The Morgan fingerprint density at radius 1 is 1.16 bits per heavy atom.